The van der Waals surface area contributed by atoms with Gasteiger partial charge in [-0.25, -0.2) is 4.98 Å². The number of fused-ring (bicyclic) bond motifs is 1. The Hall–Kier alpha value is -2.53. The highest BCUT2D eigenvalue weighted by molar-refractivity contribution is 5.90. The van der Waals surface area contributed by atoms with Crippen LogP contribution in [0.3, 0.4) is 0 Å². The lowest BCUT2D eigenvalue weighted by Gasteiger charge is -2.15. The Morgan fingerprint density at radius 3 is 2.50 bits per heavy atom. The molecule has 0 atom stereocenters. The second-order valence-corrected chi connectivity index (χ2v) is 4.96. The van der Waals surface area contributed by atoms with E-state index < -0.39 is 0 Å². The summed E-state index contributed by atoms with van der Waals surface area (Å²) in [5, 5.41) is 13.6. The van der Waals surface area contributed by atoms with E-state index >= 15 is 0 Å². The van der Waals surface area contributed by atoms with Crippen LogP contribution in [0.5, 0.6) is 5.75 Å². The van der Waals surface area contributed by atoms with Gasteiger partial charge in [0.25, 0.3) is 0 Å². The quantitative estimate of drug-likeness (QED) is 0.773. The van der Waals surface area contributed by atoms with Gasteiger partial charge in [-0.05, 0) is 24.3 Å². The zero-order chi connectivity index (χ0) is 14.8. The first kappa shape index (κ1) is 15.9. The van der Waals surface area contributed by atoms with E-state index in [-0.39, 0.29) is 18.2 Å². The Morgan fingerprint density at radius 1 is 1.00 bits per heavy atom. The van der Waals surface area contributed by atoms with E-state index in [1.54, 1.807) is 18.2 Å². The summed E-state index contributed by atoms with van der Waals surface area (Å²) in [5.74, 6) is 1.56. The zero-order valence-electron chi connectivity index (χ0n) is 12.3. The second-order valence-electron chi connectivity index (χ2n) is 4.96. The molecule has 0 saturated carbocycles. The molecule has 0 bridgehead atoms. The molecule has 0 radical (unpaired) electrons. The fourth-order valence-electron chi connectivity index (χ4n) is 2.17. The summed E-state index contributed by atoms with van der Waals surface area (Å²) in [7, 11) is 3.90. The number of hydrogen-bond donors (Lipinski definition) is 2. The summed E-state index contributed by atoms with van der Waals surface area (Å²) in [6.45, 7) is 0. The molecule has 114 valence electrons. The van der Waals surface area contributed by atoms with Crippen molar-refractivity contribution in [2.24, 2.45) is 0 Å². The lowest BCUT2D eigenvalue weighted by atomic mass is 10.2. The van der Waals surface area contributed by atoms with Crippen molar-refractivity contribution in [3.8, 4) is 5.75 Å². The van der Waals surface area contributed by atoms with Crippen LogP contribution in [0.2, 0.25) is 0 Å². The smallest absolute Gasteiger partial charge is 0.229 e. The first-order valence-electron chi connectivity index (χ1n) is 6.63. The van der Waals surface area contributed by atoms with E-state index in [4.69, 9.17) is 0 Å². The molecule has 0 spiro atoms. The van der Waals surface area contributed by atoms with Crippen molar-refractivity contribution in [3.05, 3.63) is 48.5 Å². The van der Waals surface area contributed by atoms with Gasteiger partial charge in [0.1, 0.15) is 11.6 Å². The van der Waals surface area contributed by atoms with E-state index in [0.717, 1.165) is 22.4 Å². The number of hydrogen-bond acceptors (Lipinski definition) is 5. The number of anilines is 3. The SMILES string of the molecule is CN(C)c1nc(Nc2cccc(O)c2)nc2ccccc12.Cl. The maximum atomic E-state index is 9.52. The van der Waals surface area contributed by atoms with Gasteiger partial charge in [-0.15, -0.1) is 12.4 Å². The zero-order valence-corrected chi connectivity index (χ0v) is 13.1. The molecule has 0 fully saturated rings. The lowest BCUT2D eigenvalue weighted by molar-refractivity contribution is 0.475. The summed E-state index contributed by atoms with van der Waals surface area (Å²) < 4.78 is 0. The highest BCUT2D eigenvalue weighted by Crippen LogP contribution is 2.25. The first-order chi connectivity index (χ1) is 10.1. The number of aromatic nitrogens is 2. The highest BCUT2D eigenvalue weighted by Gasteiger charge is 2.09. The molecule has 1 heterocycles. The van der Waals surface area contributed by atoms with Crippen LogP contribution in [0, 0.1) is 0 Å². The van der Waals surface area contributed by atoms with Crippen molar-refractivity contribution in [1.82, 2.24) is 9.97 Å². The fourth-order valence-corrected chi connectivity index (χ4v) is 2.17. The highest BCUT2D eigenvalue weighted by atomic mass is 35.5. The number of para-hydroxylation sites is 1. The summed E-state index contributed by atoms with van der Waals surface area (Å²) in [6, 6.07) is 14.8. The maximum Gasteiger partial charge on any atom is 0.229 e. The van der Waals surface area contributed by atoms with Crippen LogP contribution in [-0.2, 0) is 0 Å². The minimum Gasteiger partial charge on any atom is -0.508 e. The monoisotopic (exact) mass is 316 g/mol. The summed E-state index contributed by atoms with van der Waals surface area (Å²) in [5.41, 5.74) is 1.62. The standard InChI is InChI=1S/C16H16N4O.ClH/c1-20(2)15-13-8-3-4-9-14(13)18-16(19-15)17-11-6-5-7-12(21)10-11;/h3-10,21H,1-2H3,(H,17,18,19);1H. The van der Waals surface area contributed by atoms with E-state index in [1.807, 2.05) is 49.3 Å². The van der Waals surface area contributed by atoms with Gasteiger partial charge in [-0.3, -0.25) is 0 Å². The summed E-state index contributed by atoms with van der Waals surface area (Å²) in [4.78, 5) is 11.0. The number of phenols is 1. The predicted octanol–water partition coefficient (Wildman–Crippen LogP) is 3.57. The maximum absolute atomic E-state index is 9.52. The number of rotatable bonds is 3. The molecule has 2 N–H and O–H groups in total. The van der Waals surface area contributed by atoms with Gasteiger partial charge in [0.05, 0.1) is 5.52 Å². The Kier molecular flexibility index (Phi) is 4.68. The second kappa shape index (κ2) is 6.49. The van der Waals surface area contributed by atoms with Gasteiger partial charge in [0.15, 0.2) is 0 Å². The summed E-state index contributed by atoms with van der Waals surface area (Å²) in [6.07, 6.45) is 0. The van der Waals surface area contributed by atoms with Crippen molar-refractivity contribution in [2.45, 2.75) is 0 Å². The Morgan fingerprint density at radius 2 is 1.77 bits per heavy atom. The number of nitrogens with one attached hydrogen (secondary N) is 1. The lowest BCUT2D eigenvalue weighted by Crippen LogP contribution is -2.13. The van der Waals surface area contributed by atoms with Gasteiger partial charge < -0.3 is 15.3 Å². The molecule has 0 amide bonds. The number of aromatic hydroxyl groups is 1. The predicted molar refractivity (Wildman–Crippen MR) is 92.5 cm³/mol. The normalized spacial score (nSPS) is 10.1. The average molecular weight is 317 g/mol. The topological polar surface area (TPSA) is 61.3 Å². The summed E-state index contributed by atoms with van der Waals surface area (Å²) >= 11 is 0. The van der Waals surface area contributed by atoms with E-state index in [0.29, 0.717) is 5.95 Å². The van der Waals surface area contributed by atoms with Crippen LogP contribution >= 0.6 is 12.4 Å². The van der Waals surface area contributed by atoms with Crippen molar-refractivity contribution in [1.29, 1.82) is 0 Å². The molecule has 2 aromatic carbocycles. The average Bonchev–Trinajstić information content (AvgIpc) is 2.46. The number of phenolic OH excluding ortho intramolecular Hbond substituents is 1. The molecule has 0 aliphatic carbocycles. The van der Waals surface area contributed by atoms with Crippen molar-refractivity contribution >= 4 is 40.8 Å². The van der Waals surface area contributed by atoms with E-state index in [9.17, 15) is 5.11 Å². The third kappa shape index (κ3) is 3.20. The third-order valence-electron chi connectivity index (χ3n) is 3.11. The minimum absolute atomic E-state index is 0. The Balaban J connectivity index is 0.00000176. The van der Waals surface area contributed by atoms with Gasteiger partial charge in [-0.1, -0.05) is 18.2 Å². The molecule has 0 aliphatic heterocycles. The van der Waals surface area contributed by atoms with E-state index in [2.05, 4.69) is 15.3 Å². The molecular formula is C16H17ClN4O. The van der Waals surface area contributed by atoms with Crippen LogP contribution in [0.1, 0.15) is 0 Å². The van der Waals surface area contributed by atoms with Crippen LogP contribution in [-0.4, -0.2) is 29.2 Å². The van der Waals surface area contributed by atoms with Crippen molar-refractivity contribution in [2.75, 3.05) is 24.3 Å². The molecule has 5 nitrogen and oxygen atoms in total. The van der Waals surface area contributed by atoms with Gasteiger partial charge in [-0.2, -0.15) is 4.98 Å². The van der Waals surface area contributed by atoms with Gasteiger partial charge in [0.2, 0.25) is 5.95 Å². The third-order valence-corrected chi connectivity index (χ3v) is 3.11. The molecular weight excluding hydrogens is 300 g/mol. The van der Waals surface area contributed by atoms with Crippen LogP contribution in [0.15, 0.2) is 48.5 Å². The Labute approximate surface area is 135 Å². The number of halogens is 1. The molecule has 3 aromatic rings. The van der Waals surface area contributed by atoms with E-state index in [1.165, 1.54) is 0 Å². The molecule has 1 aromatic heterocycles. The molecule has 3 rings (SSSR count). The van der Waals surface area contributed by atoms with Crippen LogP contribution < -0.4 is 10.2 Å². The largest absolute Gasteiger partial charge is 0.508 e. The molecule has 6 heteroatoms. The van der Waals surface area contributed by atoms with Crippen LogP contribution in [0.4, 0.5) is 17.5 Å². The molecule has 22 heavy (non-hydrogen) atoms. The van der Waals surface area contributed by atoms with Crippen LogP contribution in [0.25, 0.3) is 10.9 Å². The fraction of sp³-hybridized carbons (Fsp3) is 0.125. The Bertz CT molecular complexity index is 792. The first-order valence-corrected chi connectivity index (χ1v) is 6.63. The molecule has 0 unspecified atom stereocenters. The van der Waals surface area contributed by atoms with Crippen molar-refractivity contribution in [3.63, 3.8) is 0 Å². The minimum atomic E-state index is 0. The van der Waals surface area contributed by atoms with Crippen molar-refractivity contribution < 1.29 is 5.11 Å². The molecule has 0 saturated heterocycles. The van der Waals surface area contributed by atoms with Gasteiger partial charge >= 0.3 is 0 Å². The number of nitrogens with zero attached hydrogens (tertiary/aromatic N) is 3. The molecule has 0 aliphatic rings. The van der Waals surface area contributed by atoms with Gasteiger partial charge in [0, 0.05) is 31.2 Å². The number of benzene rings is 2.